The lowest BCUT2D eigenvalue weighted by Crippen LogP contribution is -2.55. The van der Waals surface area contributed by atoms with Gasteiger partial charge in [0.25, 0.3) is 0 Å². The Morgan fingerprint density at radius 1 is 1.41 bits per heavy atom. The third-order valence-corrected chi connectivity index (χ3v) is 5.21. The molecule has 0 saturated carbocycles. The van der Waals surface area contributed by atoms with Crippen LogP contribution in [0.5, 0.6) is 0 Å². The van der Waals surface area contributed by atoms with E-state index in [1.807, 2.05) is 13.8 Å². The second-order valence-corrected chi connectivity index (χ2v) is 7.85. The lowest BCUT2D eigenvalue weighted by molar-refractivity contribution is -0.179. The van der Waals surface area contributed by atoms with Gasteiger partial charge >= 0.3 is 11.9 Å². The molecular formula is C20H24O7. The maximum absolute atomic E-state index is 12.5. The van der Waals surface area contributed by atoms with Crippen molar-refractivity contribution in [3.8, 4) is 0 Å². The minimum absolute atomic E-state index is 0.0433. The van der Waals surface area contributed by atoms with Gasteiger partial charge in [-0.05, 0) is 31.4 Å². The highest BCUT2D eigenvalue weighted by atomic mass is 16.6. The van der Waals surface area contributed by atoms with Crippen molar-refractivity contribution in [2.24, 2.45) is 11.8 Å². The van der Waals surface area contributed by atoms with E-state index in [1.165, 1.54) is 13.0 Å². The highest BCUT2D eigenvalue weighted by molar-refractivity contribution is 6.00. The summed E-state index contributed by atoms with van der Waals surface area (Å²) in [5, 5.41) is 11.0. The number of fused-ring (bicyclic) bond motifs is 3. The van der Waals surface area contributed by atoms with E-state index >= 15 is 0 Å². The average molecular weight is 376 g/mol. The minimum Gasteiger partial charge on any atom is -0.476 e. The van der Waals surface area contributed by atoms with Gasteiger partial charge in [-0.1, -0.05) is 20.4 Å². The number of aliphatic hydroxyl groups is 1. The smallest absolute Gasteiger partial charge is 0.334 e. The Kier molecular flexibility index (Phi) is 4.76. The van der Waals surface area contributed by atoms with Crippen LogP contribution >= 0.6 is 0 Å². The van der Waals surface area contributed by atoms with Crippen LogP contribution < -0.4 is 0 Å². The molecule has 5 atom stereocenters. The maximum Gasteiger partial charge on any atom is 0.334 e. The second-order valence-electron chi connectivity index (χ2n) is 7.85. The fourth-order valence-corrected chi connectivity index (χ4v) is 3.61. The second kappa shape index (κ2) is 6.64. The molecule has 0 aromatic carbocycles. The van der Waals surface area contributed by atoms with Crippen LogP contribution in [0.2, 0.25) is 0 Å². The van der Waals surface area contributed by atoms with E-state index in [9.17, 15) is 19.5 Å². The van der Waals surface area contributed by atoms with Gasteiger partial charge in [-0.3, -0.25) is 9.59 Å². The monoisotopic (exact) mass is 376 g/mol. The minimum atomic E-state index is -1.63. The highest BCUT2D eigenvalue weighted by Gasteiger charge is 2.57. The molecule has 2 bridgehead atoms. The van der Waals surface area contributed by atoms with Crippen molar-refractivity contribution in [2.45, 2.75) is 58.0 Å². The first-order valence-electron chi connectivity index (χ1n) is 8.96. The van der Waals surface area contributed by atoms with Crippen molar-refractivity contribution in [1.29, 1.82) is 0 Å². The molecule has 146 valence electrons. The fraction of sp³-hybridized carbons (Fsp3) is 0.550. The summed E-state index contributed by atoms with van der Waals surface area (Å²) in [5.41, 5.74) is -0.951. The molecule has 7 heteroatoms. The van der Waals surface area contributed by atoms with Gasteiger partial charge in [0.05, 0.1) is 5.92 Å². The van der Waals surface area contributed by atoms with Gasteiger partial charge in [-0.15, -0.1) is 0 Å². The van der Waals surface area contributed by atoms with E-state index in [-0.39, 0.29) is 17.9 Å². The molecule has 3 aliphatic rings. The third-order valence-electron chi connectivity index (χ3n) is 5.21. The quantitative estimate of drug-likeness (QED) is 0.590. The Labute approximate surface area is 157 Å². The predicted octanol–water partition coefficient (Wildman–Crippen LogP) is 1.60. The Balaban J connectivity index is 2.07. The number of ether oxygens (including phenoxy) is 3. The number of esters is 2. The molecule has 0 amide bonds. The van der Waals surface area contributed by atoms with E-state index in [1.54, 1.807) is 13.0 Å². The largest absolute Gasteiger partial charge is 0.476 e. The summed E-state index contributed by atoms with van der Waals surface area (Å²) in [5.74, 6) is -2.07. The molecule has 0 unspecified atom stereocenters. The first-order valence-corrected chi connectivity index (χ1v) is 8.96. The van der Waals surface area contributed by atoms with Crippen molar-refractivity contribution >= 4 is 17.7 Å². The van der Waals surface area contributed by atoms with E-state index in [0.717, 1.165) is 0 Å². The highest BCUT2D eigenvalue weighted by Crippen LogP contribution is 2.42. The summed E-state index contributed by atoms with van der Waals surface area (Å²) in [6.45, 7) is 10.6. The molecule has 3 aliphatic heterocycles. The zero-order valence-corrected chi connectivity index (χ0v) is 15.9. The summed E-state index contributed by atoms with van der Waals surface area (Å²) in [6.07, 6.45) is -0.442. The molecular weight excluding hydrogens is 352 g/mol. The molecule has 0 aromatic heterocycles. The third kappa shape index (κ3) is 3.20. The number of hydrogen-bond donors (Lipinski definition) is 1. The van der Waals surface area contributed by atoms with Gasteiger partial charge in [0.2, 0.25) is 5.78 Å². The van der Waals surface area contributed by atoms with E-state index in [0.29, 0.717) is 11.3 Å². The summed E-state index contributed by atoms with van der Waals surface area (Å²) in [7, 11) is 0. The molecule has 0 aliphatic carbocycles. The molecule has 7 nitrogen and oxygen atoms in total. The molecule has 0 radical (unpaired) electrons. The molecule has 3 heterocycles. The van der Waals surface area contributed by atoms with Crippen LogP contribution in [-0.4, -0.2) is 46.7 Å². The molecule has 27 heavy (non-hydrogen) atoms. The Morgan fingerprint density at radius 2 is 2.07 bits per heavy atom. The number of hydrogen-bond acceptors (Lipinski definition) is 7. The van der Waals surface area contributed by atoms with Gasteiger partial charge in [0.15, 0.2) is 5.60 Å². The van der Waals surface area contributed by atoms with Crippen LogP contribution in [0.4, 0.5) is 0 Å². The van der Waals surface area contributed by atoms with Crippen LogP contribution in [0, 0.1) is 11.8 Å². The number of carbonyl (C=O) groups is 3. The molecule has 0 aromatic rings. The fourth-order valence-electron chi connectivity index (χ4n) is 3.61. The summed E-state index contributed by atoms with van der Waals surface area (Å²) in [6, 6.07) is 0. The summed E-state index contributed by atoms with van der Waals surface area (Å²) < 4.78 is 16.7. The van der Waals surface area contributed by atoms with Gasteiger partial charge in [0, 0.05) is 18.1 Å². The molecule has 3 rings (SSSR count). The Morgan fingerprint density at radius 3 is 2.70 bits per heavy atom. The normalized spacial score (nSPS) is 37.3. The van der Waals surface area contributed by atoms with E-state index < -0.39 is 47.6 Å². The van der Waals surface area contributed by atoms with Gasteiger partial charge in [-0.2, -0.15) is 0 Å². The van der Waals surface area contributed by atoms with E-state index in [2.05, 4.69) is 6.58 Å². The lowest BCUT2D eigenvalue weighted by Gasteiger charge is -2.36. The SMILES string of the molecule is C=C1C(=O)O[C@@H]2/C=C(/C)C3=CC(=O)[C@@](C)(O3)[C@H](O)[C@@H](OC(=O)CC(C)C)[C@@H]12. The first kappa shape index (κ1) is 19.4. The summed E-state index contributed by atoms with van der Waals surface area (Å²) in [4.78, 5) is 37.0. The van der Waals surface area contributed by atoms with Crippen LogP contribution in [0.3, 0.4) is 0 Å². The zero-order valence-electron chi connectivity index (χ0n) is 15.9. The molecule has 1 fully saturated rings. The van der Waals surface area contributed by atoms with Crippen LogP contribution in [0.25, 0.3) is 0 Å². The number of aliphatic hydroxyl groups excluding tert-OH is 1. The van der Waals surface area contributed by atoms with E-state index in [4.69, 9.17) is 14.2 Å². The van der Waals surface area contributed by atoms with Crippen LogP contribution in [0.1, 0.15) is 34.1 Å². The number of ketones is 1. The van der Waals surface area contributed by atoms with Crippen molar-refractivity contribution in [2.75, 3.05) is 0 Å². The Hall–Kier alpha value is -2.41. The van der Waals surface area contributed by atoms with Gasteiger partial charge < -0.3 is 19.3 Å². The Bertz CT molecular complexity index is 775. The standard InChI is InChI=1S/C20H24O7/c1-9(2)6-15(22)26-17-16-11(4)19(24)25-13(16)7-10(3)12-8-14(21)20(5,27-12)18(17)23/h7-9,13,16-18,23H,4,6H2,1-3,5H3/b10-7-/t13-,16+,17+,18-,20-/m1/s1. The first-order chi connectivity index (χ1) is 12.5. The van der Waals surface area contributed by atoms with Gasteiger partial charge in [-0.25, -0.2) is 4.79 Å². The van der Waals surface area contributed by atoms with Crippen LogP contribution in [0.15, 0.2) is 35.6 Å². The molecule has 1 saturated heterocycles. The number of allylic oxidation sites excluding steroid dienone is 1. The zero-order chi connectivity index (χ0) is 20.1. The maximum atomic E-state index is 12.5. The molecule has 0 spiro atoms. The number of rotatable bonds is 3. The van der Waals surface area contributed by atoms with Crippen LogP contribution in [-0.2, 0) is 28.6 Å². The number of carbonyl (C=O) groups excluding carboxylic acids is 3. The van der Waals surface area contributed by atoms with Crippen molar-refractivity contribution in [1.82, 2.24) is 0 Å². The van der Waals surface area contributed by atoms with Gasteiger partial charge in [0.1, 0.15) is 24.1 Å². The average Bonchev–Trinajstić information content (AvgIpc) is 3.02. The molecule has 1 N–H and O–H groups in total. The van der Waals surface area contributed by atoms with Crippen molar-refractivity contribution in [3.63, 3.8) is 0 Å². The van der Waals surface area contributed by atoms with Crippen molar-refractivity contribution < 1.29 is 33.7 Å². The summed E-state index contributed by atoms with van der Waals surface area (Å²) >= 11 is 0. The van der Waals surface area contributed by atoms with Crippen molar-refractivity contribution in [3.05, 3.63) is 35.6 Å². The lowest BCUT2D eigenvalue weighted by atomic mass is 9.80. The predicted molar refractivity (Wildman–Crippen MR) is 94.2 cm³/mol. The topological polar surface area (TPSA) is 99.1 Å².